The standard InChI is InChI=1S/C14H22O3Si/c1-5-17-12-7-9-14(16,13(15)11-12)8-6-10-18(2,3)4/h11,16H,5,7-9H2,1-4H3/t14-/m0/s1. The Morgan fingerprint density at radius 1 is 1.50 bits per heavy atom. The molecule has 0 saturated heterocycles. The van der Waals surface area contributed by atoms with Gasteiger partial charge in [0.05, 0.1) is 12.4 Å². The van der Waals surface area contributed by atoms with Crippen molar-refractivity contribution < 1.29 is 14.6 Å². The summed E-state index contributed by atoms with van der Waals surface area (Å²) in [7, 11) is -1.45. The smallest absolute Gasteiger partial charge is 0.191 e. The fourth-order valence-electron chi connectivity index (χ4n) is 1.74. The zero-order chi connectivity index (χ0) is 13.8. The van der Waals surface area contributed by atoms with Gasteiger partial charge in [-0.3, -0.25) is 4.79 Å². The summed E-state index contributed by atoms with van der Waals surface area (Å²) in [5, 5.41) is 10.3. The maximum atomic E-state index is 11.9. The van der Waals surface area contributed by atoms with E-state index in [-0.39, 0.29) is 12.2 Å². The van der Waals surface area contributed by atoms with E-state index in [1.54, 1.807) is 0 Å². The van der Waals surface area contributed by atoms with Crippen LogP contribution in [0.2, 0.25) is 19.6 Å². The molecule has 0 aromatic carbocycles. The zero-order valence-electron chi connectivity index (χ0n) is 11.7. The van der Waals surface area contributed by atoms with Crippen molar-refractivity contribution in [3.63, 3.8) is 0 Å². The maximum Gasteiger partial charge on any atom is 0.191 e. The van der Waals surface area contributed by atoms with Gasteiger partial charge in [-0.15, -0.1) is 11.5 Å². The number of ketones is 1. The number of hydrogen-bond donors (Lipinski definition) is 1. The molecule has 0 aliphatic heterocycles. The molecule has 0 heterocycles. The molecule has 0 unspecified atom stereocenters. The van der Waals surface area contributed by atoms with Gasteiger partial charge in [-0.25, -0.2) is 0 Å². The first-order valence-corrected chi connectivity index (χ1v) is 9.87. The van der Waals surface area contributed by atoms with E-state index in [1.807, 2.05) is 6.92 Å². The summed E-state index contributed by atoms with van der Waals surface area (Å²) in [6, 6.07) is 0. The van der Waals surface area contributed by atoms with Crippen LogP contribution in [0, 0.1) is 11.5 Å². The number of aliphatic hydroxyl groups is 1. The molecule has 0 radical (unpaired) electrons. The molecule has 0 saturated carbocycles. The van der Waals surface area contributed by atoms with Gasteiger partial charge in [-0.05, 0) is 13.3 Å². The van der Waals surface area contributed by atoms with Gasteiger partial charge in [0.2, 0.25) is 0 Å². The van der Waals surface area contributed by atoms with Crippen molar-refractivity contribution in [3.05, 3.63) is 11.8 Å². The van der Waals surface area contributed by atoms with Crippen LogP contribution in [0.5, 0.6) is 0 Å². The molecule has 100 valence electrons. The quantitative estimate of drug-likeness (QED) is 0.629. The first-order chi connectivity index (χ1) is 8.27. The molecule has 0 amide bonds. The van der Waals surface area contributed by atoms with Crippen LogP contribution >= 0.6 is 0 Å². The minimum absolute atomic E-state index is 0.228. The fraction of sp³-hybridized carbons (Fsp3) is 0.643. The van der Waals surface area contributed by atoms with Gasteiger partial charge >= 0.3 is 0 Å². The largest absolute Gasteiger partial charge is 0.498 e. The highest BCUT2D eigenvalue weighted by molar-refractivity contribution is 6.83. The van der Waals surface area contributed by atoms with Gasteiger partial charge in [-0.2, -0.15) is 0 Å². The molecule has 1 atom stereocenters. The number of allylic oxidation sites excluding steroid dienone is 1. The molecule has 0 fully saturated rings. The van der Waals surface area contributed by atoms with Crippen LogP contribution in [0.25, 0.3) is 0 Å². The summed E-state index contributed by atoms with van der Waals surface area (Å²) >= 11 is 0. The Hall–Kier alpha value is -1.05. The number of carbonyl (C=O) groups is 1. The maximum absolute atomic E-state index is 11.9. The third kappa shape index (κ3) is 4.32. The van der Waals surface area contributed by atoms with Crippen molar-refractivity contribution in [1.29, 1.82) is 0 Å². The zero-order valence-corrected chi connectivity index (χ0v) is 12.7. The van der Waals surface area contributed by atoms with Gasteiger partial charge in [0.25, 0.3) is 0 Å². The Labute approximate surface area is 110 Å². The topological polar surface area (TPSA) is 46.5 Å². The molecular formula is C14H22O3Si. The first kappa shape index (κ1) is 15.0. The molecule has 3 nitrogen and oxygen atoms in total. The molecule has 1 rings (SSSR count). The van der Waals surface area contributed by atoms with Crippen molar-refractivity contribution in [1.82, 2.24) is 0 Å². The summed E-state index contributed by atoms with van der Waals surface area (Å²) in [5.41, 5.74) is 1.86. The lowest BCUT2D eigenvalue weighted by atomic mass is 9.85. The lowest BCUT2D eigenvalue weighted by Crippen LogP contribution is -2.40. The fourth-order valence-corrected chi connectivity index (χ4v) is 2.35. The van der Waals surface area contributed by atoms with Crippen LogP contribution in [-0.2, 0) is 9.53 Å². The predicted molar refractivity (Wildman–Crippen MR) is 74.6 cm³/mol. The second-order valence-corrected chi connectivity index (χ2v) is 10.4. The highest BCUT2D eigenvalue weighted by Crippen LogP contribution is 2.27. The van der Waals surface area contributed by atoms with E-state index in [0.29, 0.717) is 25.2 Å². The SMILES string of the molecule is CCOC1=CC(=O)[C@](O)(CC#C[Si](C)(C)C)CC1. The summed E-state index contributed by atoms with van der Waals surface area (Å²) in [4.78, 5) is 11.9. The van der Waals surface area contributed by atoms with Gasteiger partial charge < -0.3 is 9.84 Å². The van der Waals surface area contributed by atoms with E-state index < -0.39 is 13.7 Å². The molecule has 4 heteroatoms. The van der Waals surface area contributed by atoms with Crippen molar-refractivity contribution >= 4 is 13.9 Å². The molecule has 0 aromatic rings. The Morgan fingerprint density at radius 3 is 2.67 bits per heavy atom. The molecule has 1 N–H and O–H groups in total. The lowest BCUT2D eigenvalue weighted by Gasteiger charge is -2.28. The molecule has 1 aliphatic carbocycles. The van der Waals surface area contributed by atoms with E-state index in [0.717, 1.165) is 0 Å². The van der Waals surface area contributed by atoms with Gasteiger partial charge in [0.15, 0.2) is 5.78 Å². The third-order valence-corrected chi connectivity index (χ3v) is 3.64. The highest BCUT2D eigenvalue weighted by Gasteiger charge is 2.37. The Morgan fingerprint density at radius 2 is 2.17 bits per heavy atom. The van der Waals surface area contributed by atoms with E-state index in [1.165, 1.54) is 6.08 Å². The Bertz CT molecular complexity index is 409. The van der Waals surface area contributed by atoms with Crippen LogP contribution in [0.3, 0.4) is 0 Å². The van der Waals surface area contributed by atoms with Crippen molar-refractivity contribution in [2.45, 2.75) is 51.4 Å². The number of carbonyl (C=O) groups excluding carboxylic acids is 1. The van der Waals surface area contributed by atoms with Crippen molar-refractivity contribution in [2.24, 2.45) is 0 Å². The minimum atomic E-state index is -1.45. The van der Waals surface area contributed by atoms with E-state index in [2.05, 4.69) is 31.1 Å². The second kappa shape index (κ2) is 5.72. The van der Waals surface area contributed by atoms with E-state index in [4.69, 9.17) is 4.74 Å². The molecule has 0 aromatic heterocycles. The van der Waals surface area contributed by atoms with Crippen molar-refractivity contribution in [3.8, 4) is 11.5 Å². The summed E-state index contributed by atoms with van der Waals surface area (Å²) in [6.07, 6.45) is 2.65. The summed E-state index contributed by atoms with van der Waals surface area (Å²) in [5.74, 6) is 3.38. The number of rotatable bonds is 3. The third-order valence-electron chi connectivity index (χ3n) is 2.71. The minimum Gasteiger partial charge on any atom is -0.498 e. The molecular weight excluding hydrogens is 244 g/mol. The van der Waals surface area contributed by atoms with Crippen LogP contribution in [-0.4, -0.2) is 31.2 Å². The summed E-state index contributed by atoms with van der Waals surface area (Å²) in [6.45, 7) is 8.85. The number of ether oxygens (including phenoxy) is 1. The normalized spacial score (nSPS) is 24.1. The van der Waals surface area contributed by atoms with Crippen LogP contribution in [0.4, 0.5) is 0 Å². The molecule has 0 bridgehead atoms. The van der Waals surface area contributed by atoms with Crippen LogP contribution < -0.4 is 0 Å². The van der Waals surface area contributed by atoms with Crippen molar-refractivity contribution in [2.75, 3.05) is 6.61 Å². The second-order valence-electron chi connectivity index (χ2n) is 5.67. The first-order valence-electron chi connectivity index (χ1n) is 6.37. The van der Waals surface area contributed by atoms with Gasteiger partial charge in [0, 0.05) is 18.9 Å². The molecule has 0 spiro atoms. The van der Waals surface area contributed by atoms with Gasteiger partial charge in [0.1, 0.15) is 13.7 Å². The Balaban J connectivity index is 2.71. The highest BCUT2D eigenvalue weighted by atomic mass is 28.3. The predicted octanol–water partition coefficient (Wildman–Crippen LogP) is 2.27. The summed E-state index contributed by atoms with van der Waals surface area (Å²) < 4.78 is 5.31. The molecule has 1 aliphatic rings. The monoisotopic (exact) mass is 266 g/mol. The van der Waals surface area contributed by atoms with Gasteiger partial charge in [-0.1, -0.05) is 19.6 Å². The van der Waals surface area contributed by atoms with E-state index in [9.17, 15) is 9.90 Å². The number of hydrogen-bond acceptors (Lipinski definition) is 3. The average molecular weight is 266 g/mol. The Kier molecular flexibility index (Phi) is 4.77. The molecule has 18 heavy (non-hydrogen) atoms. The average Bonchev–Trinajstić information content (AvgIpc) is 2.23. The van der Waals surface area contributed by atoms with Crippen LogP contribution in [0.15, 0.2) is 11.8 Å². The van der Waals surface area contributed by atoms with Crippen LogP contribution in [0.1, 0.15) is 26.2 Å². The lowest BCUT2D eigenvalue weighted by molar-refractivity contribution is -0.133. The van der Waals surface area contributed by atoms with E-state index >= 15 is 0 Å².